The summed E-state index contributed by atoms with van der Waals surface area (Å²) in [6, 6.07) is 19.7. The Bertz CT molecular complexity index is 551. The SMILES string of the molecule is O=C(Cc1ccccc1)Cc1ccccc1.O=C1CCCCC1. The first kappa shape index (κ1) is 17.1. The third-order valence-corrected chi connectivity index (χ3v) is 3.90. The van der Waals surface area contributed by atoms with Crippen LogP contribution in [0.4, 0.5) is 0 Å². The number of carbonyl (C=O) groups excluding carboxylic acids is 2. The number of hydrogen-bond acceptors (Lipinski definition) is 2. The minimum absolute atomic E-state index is 0.261. The maximum absolute atomic E-state index is 11.8. The van der Waals surface area contributed by atoms with Crippen LogP contribution in [0.25, 0.3) is 0 Å². The van der Waals surface area contributed by atoms with E-state index < -0.39 is 0 Å². The lowest BCUT2D eigenvalue weighted by molar-refractivity contribution is -0.120. The highest BCUT2D eigenvalue weighted by Gasteiger charge is 2.06. The molecule has 0 aromatic heterocycles. The van der Waals surface area contributed by atoms with Crippen LogP contribution in [0.3, 0.4) is 0 Å². The lowest BCUT2D eigenvalue weighted by atomic mass is 10.00. The molecule has 120 valence electrons. The molecular formula is C21H24O2. The maximum Gasteiger partial charge on any atom is 0.141 e. The van der Waals surface area contributed by atoms with Crippen LogP contribution in [-0.2, 0) is 22.4 Å². The number of carbonyl (C=O) groups is 2. The number of ketones is 2. The van der Waals surface area contributed by atoms with Crippen molar-refractivity contribution in [1.82, 2.24) is 0 Å². The quantitative estimate of drug-likeness (QED) is 0.829. The summed E-state index contributed by atoms with van der Waals surface area (Å²) in [6.07, 6.45) is 6.29. The number of hydrogen-bond donors (Lipinski definition) is 0. The molecule has 0 saturated heterocycles. The zero-order chi connectivity index (χ0) is 16.3. The Morgan fingerprint density at radius 2 is 1.13 bits per heavy atom. The van der Waals surface area contributed by atoms with Crippen molar-refractivity contribution in [1.29, 1.82) is 0 Å². The monoisotopic (exact) mass is 308 g/mol. The molecule has 23 heavy (non-hydrogen) atoms. The fourth-order valence-corrected chi connectivity index (χ4v) is 2.66. The third-order valence-electron chi connectivity index (χ3n) is 3.90. The van der Waals surface area contributed by atoms with Gasteiger partial charge in [-0.2, -0.15) is 0 Å². The Morgan fingerprint density at radius 3 is 1.48 bits per heavy atom. The van der Waals surface area contributed by atoms with Crippen molar-refractivity contribution >= 4 is 11.6 Å². The third kappa shape index (κ3) is 7.05. The van der Waals surface area contributed by atoms with Crippen molar-refractivity contribution in [2.45, 2.75) is 44.9 Å². The van der Waals surface area contributed by atoms with Crippen molar-refractivity contribution < 1.29 is 9.59 Å². The predicted octanol–water partition coefficient (Wildman–Crippen LogP) is 4.56. The molecular weight excluding hydrogens is 284 g/mol. The second kappa shape index (κ2) is 9.73. The van der Waals surface area contributed by atoms with Gasteiger partial charge in [0.05, 0.1) is 0 Å². The Hall–Kier alpha value is -2.22. The van der Waals surface area contributed by atoms with Crippen molar-refractivity contribution in [2.75, 3.05) is 0 Å². The zero-order valence-electron chi connectivity index (χ0n) is 13.5. The van der Waals surface area contributed by atoms with Gasteiger partial charge in [-0.15, -0.1) is 0 Å². The lowest BCUT2D eigenvalue weighted by Crippen LogP contribution is -2.06. The average molecular weight is 308 g/mol. The summed E-state index contributed by atoms with van der Waals surface area (Å²) >= 11 is 0. The lowest BCUT2D eigenvalue weighted by Gasteiger charge is -2.05. The molecule has 2 heteroatoms. The van der Waals surface area contributed by atoms with Crippen LogP contribution in [0.2, 0.25) is 0 Å². The van der Waals surface area contributed by atoms with Crippen LogP contribution in [0, 0.1) is 0 Å². The highest BCUT2D eigenvalue weighted by atomic mass is 16.1. The number of Topliss-reactive ketones (excluding diaryl/α,β-unsaturated/α-hetero) is 2. The summed E-state index contributed by atoms with van der Waals surface area (Å²) in [7, 11) is 0. The van der Waals surface area contributed by atoms with Gasteiger partial charge in [-0.25, -0.2) is 0 Å². The summed E-state index contributed by atoms with van der Waals surface area (Å²) in [5.41, 5.74) is 2.17. The normalized spacial score (nSPS) is 13.8. The molecule has 0 aliphatic heterocycles. The van der Waals surface area contributed by atoms with Gasteiger partial charge in [0.2, 0.25) is 0 Å². The van der Waals surface area contributed by atoms with E-state index in [-0.39, 0.29) is 5.78 Å². The number of benzene rings is 2. The molecule has 1 aliphatic carbocycles. The smallest absolute Gasteiger partial charge is 0.141 e. The van der Waals surface area contributed by atoms with E-state index in [0.717, 1.165) is 36.8 Å². The molecule has 0 spiro atoms. The van der Waals surface area contributed by atoms with Gasteiger partial charge in [0.1, 0.15) is 11.6 Å². The minimum atomic E-state index is 0.261. The molecule has 0 unspecified atom stereocenters. The Morgan fingerprint density at radius 1 is 0.696 bits per heavy atom. The molecule has 2 aromatic carbocycles. The summed E-state index contributed by atoms with van der Waals surface area (Å²) in [5.74, 6) is 0.726. The summed E-state index contributed by atoms with van der Waals surface area (Å²) in [6.45, 7) is 0. The molecule has 0 atom stereocenters. The van der Waals surface area contributed by atoms with Crippen LogP contribution >= 0.6 is 0 Å². The molecule has 0 heterocycles. The molecule has 3 rings (SSSR count). The molecule has 1 aliphatic rings. The Kier molecular flexibility index (Phi) is 7.25. The van der Waals surface area contributed by atoms with Gasteiger partial charge in [0, 0.05) is 25.7 Å². The molecule has 0 bridgehead atoms. The van der Waals surface area contributed by atoms with E-state index in [1.807, 2.05) is 60.7 Å². The van der Waals surface area contributed by atoms with Crippen LogP contribution in [0.5, 0.6) is 0 Å². The van der Waals surface area contributed by atoms with Crippen molar-refractivity contribution in [3.63, 3.8) is 0 Å². The average Bonchev–Trinajstić information content (AvgIpc) is 2.58. The van der Waals surface area contributed by atoms with Gasteiger partial charge in [0.25, 0.3) is 0 Å². The Labute approximate surface area is 138 Å². The zero-order valence-corrected chi connectivity index (χ0v) is 13.5. The van der Waals surface area contributed by atoms with Gasteiger partial charge in [-0.1, -0.05) is 67.1 Å². The molecule has 0 amide bonds. The van der Waals surface area contributed by atoms with E-state index in [1.54, 1.807) is 0 Å². The topological polar surface area (TPSA) is 34.1 Å². The summed E-state index contributed by atoms with van der Waals surface area (Å²) < 4.78 is 0. The van der Waals surface area contributed by atoms with Gasteiger partial charge >= 0.3 is 0 Å². The van der Waals surface area contributed by atoms with E-state index in [2.05, 4.69) is 0 Å². The fourth-order valence-electron chi connectivity index (χ4n) is 2.66. The first-order valence-electron chi connectivity index (χ1n) is 8.35. The van der Waals surface area contributed by atoms with Crippen LogP contribution in [0.1, 0.15) is 43.2 Å². The highest BCUT2D eigenvalue weighted by molar-refractivity contribution is 5.83. The first-order valence-corrected chi connectivity index (χ1v) is 8.35. The molecule has 2 aromatic rings. The second-order valence-corrected chi connectivity index (χ2v) is 5.96. The molecule has 0 N–H and O–H groups in total. The largest absolute Gasteiger partial charge is 0.300 e. The van der Waals surface area contributed by atoms with Crippen LogP contribution in [-0.4, -0.2) is 11.6 Å². The van der Waals surface area contributed by atoms with E-state index in [9.17, 15) is 9.59 Å². The first-order chi connectivity index (χ1) is 11.2. The van der Waals surface area contributed by atoms with Crippen LogP contribution < -0.4 is 0 Å². The molecule has 2 nitrogen and oxygen atoms in total. The molecule has 1 saturated carbocycles. The van der Waals surface area contributed by atoms with Gasteiger partial charge in [-0.3, -0.25) is 9.59 Å². The van der Waals surface area contributed by atoms with E-state index in [4.69, 9.17) is 0 Å². The predicted molar refractivity (Wildman–Crippen MR) is 93.4 cm³/mol. The Balaban J connectivity index is 0.000000229. The van der Waals surface area contributed by atoms with Crippen molar-refractivity contribution in [2.24, 2.45) is 0 Å². The van der Waals surface area contributed by atoms with E-state index in [1.165, 1.54) is 6.42 Å². The fraction of sp³-hybridized carbons (Fsp3) is 0.333. The second-order valence-electron chi connectivity index (χ2n) is 5.96. The highest BCUT2D eigenvalue weighted by Crippen LogP contribution is 2.12. The summed E-state index contributed by atoms with van der Waals surface area (Å²) in [5, 5.41) is 0. The van der Waals surface area contributed by atoms with Crippen LogP contribution in [0.15, 0.2) is 60.7 Å². The number of rotatable bonds is 4. The standard InChI is InChI=1S/C15H14O.C6H10O/c16-15(11-13-7-3-1-4-8-13)12-14-9-5-2-6-10-14;7-6-4-2-1-3-5-6/h1-10H,11-12H2;1-5H2. The minimum Gasteiger partial charge on any atom is -0.300 e. The maximum atomic E-state index is 11.8. The van der Waals surface area contributed by atoms with Gasteiger partial charge < -0.3 is 0 Å². The summed E-state index contributed by atoms with van der Waals surface area (Å²) in [4.78, 5) is 22.2. The van der Waals surface area contributed by atoms with Gasteiger partial charge in [-0.05, 0) is 24.0 Å². The van der Waals surface area contributed by atoms with E-state index >= 15 is 0 Å². The molecule has 1 fully saturated rings. The van der Waals surface area contributed by atoms with Crippen molar-refractivity contribution in [3.05, 3.63) is 71.8 Å². The van der Waals surface area contributed by atoms with Gasteiger partial charge in [0.15, 0.2) is 0 Å². The molecule has 0 radical (unpaired) electrons. The van der Waals surface area contributed by atoms with Crippen molar-refractivity contribution in [3.8, 4) is 0 Å². The van der Waals surface area contributed by atoms with E-state index in [0.29, 0.717) is 18.6 Å².